The number of nitrogens with one attached hydrogen (secondary N) is 1. The van der Waals surface area contributed by atoms with Crippen LogP contribution in [0.5, 0.6) is 0 Å². The molecule has 1 heterocycles. The van der Waals surface area contributed by atoms with E-state index in [-0.39, 0.29) is 11.6 Å². The minimum Gasteiger partial charge on any atom is -0.411 e. The number of rotatable bonds is 4. The molecule has 0 unspecified atom stereocenters. The lowest BCUT2D eigenvalue weighted by Gasteiger charge is -2.35. The van der Waals surface area contributed by atoms with Crippen LogP contribution in [0.1, 0.15) is 32.2 Å². The largest absolute Gasteiger partial charge is 0.411 e. The fraction of sp³-hybridized carbons (Fsp3) is 0.727. The Morgan fingerprint density at radius 2 is 2.06 bits per heavy atom. The fourth-order valence-electron chi connectivity index (χ4n) is 1.04. The molecule has 0 fully saturated rings. The monoisotopic (exact) mass is 242 g/mol. The van der Waals surface area contributed by atoms with Gasteiger partial charge >= 0.3 is 0 Å². The van der Waals surface area contributed by atoms with Crippen molar-refractivity contribution in [2.75, 3.05) is 0 Å². The first kappa shape index (κ1) is 13.4. The molecule has 1 rings (SSSR count). The van der Waals surface area contributed by atoms with Crippen LogP contribution in [0.2, 0.25) is 18.1 Å². The van der Waals surface area contributed by atoms with Gasteiger partial charge in [-0.15, -0.1) is 0 Å². The number of aromatic amines is 1. The maximum absolute atomic E-state index is 8.89. The molecule has 0 saturated heterocycles. The number of aromatic nitrogens is 2. The summed E-state index contributed by atoms with van der Waals surface area (Å²) in [6, 6.07) is 1.84. The predicted octanol–water partition coefficient (Wildman–Crippen LogP) is 2.42. The normalized spacial score (nSPS) is 13.1. The van der Waals surface area contributed by atoms with Gasteiger partial charge in [0.25, 0.3) is 0 Å². The van der Waals surface area contributed by atoms with Crippen LogP contribution in [0, 0.1) is 0 Å². The smallest absolute Gasteiger partial charge is 0.192 e. The zero-order valence-electron chi connectivity index (χ0n) is 10.8. The molecule has 92 valence electrons. The number of hydrogen-bond acceptors (Lipinski definition) is 3. The lowest BCUT2D eigenvalue weighted by Crippen LogP contribution is -2.40. The van der Waals surface area contributed by atoms with E-state index in [1.807, 2.05) is 6.07 Å². The number of H-pyrrole nitrogens is 1. The van der Waals surface area contributed by atoms with Crippen LogP contribution in [-0.4, -0.2) is 23.6 Å². The molecule has 0 radical (unpaired) electrons. The molecule has 0 aliphatic carbocycles. The summed E-state index contributed by atoms with van der Waals surface area (Å²) in [5.74, 6) is 0. The van der Waals surface area contributed by atoms with Crippen molar-refractivity contribution in [2.45, 2.75) is 52.1 Å². The zero-order chi connectivity index (χ0) is 12.4. The van der Waals surface area contributed by atoms with E-state index in [1.54, 1.807) is 0 Å². The molecule has 0 aromatic carbocycles. The lowest BCUT2D eigenvalue weighted by atomic mass is 10.2. The van der Waals surface area contributed by atoms with Gasteiger partial charge in [-0.3, -0.25) is 5.10 Å². The summed E-state index contributed by atoms with van der Waals surface area (Å²) < 4.78 is 6.02. The summed E-state index contributed by atoms with van der Waals surface area (Å²) in [4.78, 5) is 0. The fourth-order valence-corrected chi connectivity index (χ4v) is 1.99. The van der Waals surface area contributed by atoms with E-state index >= 15 is 0 Å². The van der Waals surface area contributed by atoms with Crippen LogP contribution < -0.4 is 0 Å². The van der Waals surface area contributed by atoms with E-state index in [4.69, 9.17) is 9.53 Å². The Labute approximate surface area is 98.2 Å². The van der Waals surface area contributed by atoms with Crippen LogP contribution in [-0.2, 0) is 17.6 Å². The molecule has 0 aliphatic heterocycles. The lowest BCUT2D eigenvalue weighted by molar-refractivity contribution is 0.272. The Bertz CT molecular complexity index is 342. The average Bonchev–Trinajstić information content (AvgIpc) is 2.60. The van der Waals surface area contributed by atoms with Crippen molar-refractivity contribution in [3.8, 4) is 0 Å². The number of aliphatic hydroxyl groups is 1. The van der Waals surface area contributed by atoms with E-state index in [1.165, 1.54) is 0 Å². The maximum Gasteiger partial charge on any atom is 0.192 e. The summed E-state index contributed by atoms with van der Waals surface area (Å²) in [6.07, 6.45) is 0. The standard InChI is InChI=1S/C11H22N2O2Si/c1-11(2,3)16(4,5)15-8-10-6-9(7-14)12-13-10/h6,14H,7-8H2,1-5H3,(H,12,13). The minimum atomic E-state index is -1.70. The van der Waals surface area contributed by atoms with Crippen LogP contribution in [0.3, 0.4) is 0 Å². The van der Waals surface area contributed by atoms with Gasteiger partial charge in [0.15, 0.2) is 8.32 Å². The third-order valence-corrected chi connectivity index (χ3v) is 7.72. The van der Waals surface area contributed by atoms with Crippen molar-refractivity contribution >= 4 is 8.32 Å². The first-order chi connectivity index (χ1) is 7.26. The Hall–Kier alpha value is -0.653. The van der Waals surface area contributed by atoms with Gasteiger partial charge in [-0.05, 0) is 24.2 Å². The Kier molecular flexibility index (Phi) is 3.93. The predicted molar refractivity (Wildman–Crippen MR) is 66.5 cm³/mol. The minimum absolute atomic E-state index is 0.0312. The molecular formula is C11H22N2O2Si. The SMILES string of the molecule is CC(C)(C)[Si](C)(C)OCc1cc(CO)n[nH]1. The van der Waals surface area contributed by atoms with E-state index in [9.17, 15) is 0 Å². The van der Waals surface area contributed by atoms with Crippen molar-refractivity contribution in [3.63, 3.8) is 0 Å². The summed E-state index contributed by atoms with van der Waals surface area (Å²) >= 11 is 0. The zero-order valence-corrected chi connectivity index (χ0v) is 11.8. The highest BCUT2D eigenvalue weighted by molar-refractivity contribution is 6.74. The first-order valence-corrected chi connectivity index (χ1v) is 8.45. The summed E-state index contributed by atoms with van der Waals surface area (Å²) in [7, 11) is -1.70. The molecule has 0 aliphatic rings. The van der Waals surface area contributed by atoms with Gasteiger partial charge in [-0.1, -0.05) is 20.8 Å². The topological polar surface area (TPSA) is 58.1 Å². The van der Waals surface area contributed by atoms with Gasteiger partial charge in [-0.25, -0.2) is 0 Å². The first-order valence-electron chi connectivity index (χ1n) is 5.54. The quantitative estimate of drug-likeness (QED) is 0.797. The van der Waals surface area contributed by atoms with Crippen molar-refractivity contribution in [1.29, 1.82) is 0 Å². The Morgan fingerprint density at radius 3 is 2.50 bits per heavy atom. The highest BCUT2D eigenvalue weighted by atomic mass is 28.4. The van der Waals surface area contributed by atoms with Gasteiger partial charge in [-0.2, -0.15) is 5.10 Å². The number of aliphatic hydroxyl groups excluding tert-OH is 1. The molecule has 5 heteroatoms. The van der Waals surface area contributed by atoms with E-state index < -0.39 is 8.32 Å². The van der Waals surface area contributed by atoms with Gasteiger partial charge in [0, 0.05) is 0 Å². The molecule has 4 nitrogen and oxygen atoms in total. The molecule has 1 aromatic heterocycles. The molecular weight excluding hydrogens is 220 g/mol. The average molecular weight is 242 g/mol. The van der Waals surface area contributed by atoms with Gasteiger partial charge < -0.3 is 9.53 Å². The number of nitrogens with zero attached hydrogens (tertiary/aromatic N) is 1. The Balaban J connectivity index is 2.57. The molecule has 0 saturated carbocycles. The molecule has 1 aromatic rings. The highest BCUT2D eigenvalue weighted by Crippen LogP contribution is 2.36. The summed E-state index contributed by atoms with van der Waals surface area (Å²) in [5.41, 5.74) is 1.59. The van der Waals surface area contributed by atoms with Crippen LogP contribution in [0.25, 0.3) is 0 Å². The molecule has 16 heavy (non-hydrogen) atoms. The van der Waals surface area contributed by atoms with E-state index in [0.29, 0.717) is 12.3 Å². The van der Waals surface area contributed by atoms with Gasteiger partial charge in [0.2, 0.25) is 0 Å². The van der Waals surface area contributed by atoms with Crippen molar-refractivity contribution in [1.82, 2.24) is 10.2 Å². The third-order valence-electron chi connectivity index (χ3n) is 3.24. The third kappa shape index (κ3) is 3.17. The molecule has 0 amide bonds. The summed E-state index contributed by atoms with van der Waals surface area (Å²) in [6.45, 7) is 11.6. The highest BCUT2D eigenvalue weighted by Gasteiger charge is 2.37. The van der Waals surface area contributed by atoms with Crippen LogP contribution in [0.15, 0.2) is 6.07 Å². The van der Waals surface area contributed by atoms with Gasteiger partial charge in [0.1, 0.15) is 0 Å². The van der Waals surface area contributed by atoms with E-state index in [0.717, 1.165) is 5.69 Å². The van der Waals surface area contributed by atoms with Crippen molar-refractivity contribution in [3.05, 3.63) is 17.5 Å². The van der Waals surface area contributed by atoms with Crippen molar-refractivity contribution < 1.29 is 9.53 Å². The summed E-state index contributed by atoms with van der Waals surface area (Å²) in [5, 5.41) is 15.9. The van der Waals surface area contributed by atoms with E-state index in [2.05, 4.69) is 44.1 Å². The second-order valence-corrected chi connectivity index (χ2v) is 10.4. The van der Waals surface area contributed by atoms with Gasteiger partial charge in [0.05, 0.1) is 24.6 Å². The molecule has 0 spiro atoms. The molecule has 0 atom stereocenters. The molecule has 2 N–H and O–H groups in total. The van der Waals surface area contributed by atoms with Crippen molar-refractivity contribution in [2.24, 2.45) is 0 Å². The molecule has 0 bridgehead atoms. The van der Waals surface area contributed by atoms with Crippen LogP contribution >= 0.6 is 0 Å². The second kappa shape index (κ2) is 4.69. The number of hydrogen-bond donors (Lipinski definition) is 2. The maximum atomic E-state index is 8.89. The second-order valence-electron chi connectivity index (χ2n) is 5.59. The van der Waals surface area contributed by atoms with Crippen LogP contribution in [0.4, 0.5) is 0 Å². The Morgan fingerprint density at radius 1 is 1.44 bits per heavy atom.